The summed E-state index contributed by atoms with van der Waals surface area (Å²) >= 11 is 0. The maximum atomic E-state index is 12.8. The molecule has 0 spiro atoms. The SMILES string of the molecule is CNCC1CCN(C(=O)c2ccc(NCc3ccccc3)c([N+](=O)[O-])c2)CC1. The number of piperidine rings is 1. The van der Waals surface area contributed by atoms with Gasteiger partial charge in [0, 0.05) is 31.3 Å². The molecule has 1 heterocycles. The molecule has 0 radical (unpaired) electrons. The monoisotopic (exact) mass is 382 g/mol. The second-order valence-electron chi connectivity index (χ2n) is 7.12. The molecule has 2 aromatic carbocycles. The van der Waals surface area contributed by atoms with E-state index in [0.29, 0.717) is 36.8 Å². The maximum Gasteiger partial charge on any atom is 0.293 e. The quantitative estimate of drug-likeness (QED) is 0.567. The molecule has 3 rings (SSSR count). The molecule has 7 nitrogen and oxygen atoms in total. The lowest BCUT2D eigenvalue weighted by molar-refractivity contribution is -0.384. The molecule has 2 N–H and O–H groups in total. The molecule has 2 aromatic rings. The fraction of sp³-hybridized carbons (Fsp3) is 0.381. The van der Waals surface area contributed by atoms with Crippen molar-refractivity contribution in [2.75, 3.05) is 32.0 Å². The summed E-state index contributed by atoms with van der Waals surface area (Å²) in [5, 5.41) is 17.8. The molecule has 148 valence electrons. The molecule has 0 bridgehead atoms. The summed E-state index contributed by atoms with van der Waals surface area (Å²) in [7, 11) is 1.93. The number of anilines is 1. The van der Waals surface area contributed by atoms with Gasteiger partial charge in [-0.2, -0.15) is 0 Å². The lowest BCUT2D eigenvalue weighted by atomic mass is 9.96. The van der Waals surface area contributed by atoms with Crippen molar-refractivity contribution in [2.45, 2.75) is 19.4 Å². The van der Waals surface area contributed by atoms with Gasteiger partial charge in [0.15, 0.2) is 0 Å². The van der Waals surface area contributed by atoms with Crippen molar-refractivity contribution < 1.29 is 9.72 Å². The van der Waals surface area contributed by atoms with Gasteiger partial charge in [-0.3, -0.25) is 14.9 Å². The molecule has 0 unspecified atom stereocenters. The van der Waals surface area contributed by atoms with Crippen LogP contribution in [0.1, 0.15) is 28.8 Å². The molecular weight excluding hydrogens is 356 g/mol. The topological polar surface area (TPSA) is 87.5 Å². The van der Waals surface area contributed by atoms with Crippen LogP contribution in [-0.2, 0) is 6.54 Å². The van der Waals surface area contributed by atoms with Crippen LogP contribution in [-0.4, -0.2) is 42.4 Å². The third-order valence-corrected chi connectivity index (χ3v) is 5.16. The second-order valence-corrected chi connectivity index (χ2v) is 7.12. The lowest BCUT2D eigenvalue weighted by Gasteiger charge is -2.32. The zero-order valence-electron chi connectivity index (χ0n) is 16.1. The van der Waals surface area contributed by atoms with Crippen LogP contribution in [0, 0.1) is 16.0 Å². The summed E-state index contributed by atoms with van der Waals surface area (Å²) in [6.07, 6.45) is 1.90. The van der Waals surface area contributed by atoms with E-state index >= 15 is 0 Å². The zero-order valence-corrected chi connectivity index (χ0v) is 16.1. The number of carbonyl (C=O) groups excluding carboxylic acids is 1. The molecule has 28 heavy (non-hydrogen) atoms. The molecule has 0 saturated carbocycles. The van der Waals surface area contributed by atoms with E-state index < -0.39 is 4.92 Å². The minimum absolute atomic E-state index is 0.0770. The van der Waals surface area contributed by atoms with E-state index in [0.717, 1.165) is 24.9 Å². The summed E-state index contributed by atoms with van der Waals surface area (Å²) in [6, 6.07) is 14.4. The molecule has 7 heteroatoms. The van der Waals surface area contributed by atoms with Gasteiger partial charge in [-0.25, -0.2) is 0 Å². The van der Waals surface area contributed by atoms with Gasteiger partial charge < -0.3 is 15.5 Å². The number of carbonyl (C=O) groups is 1. The number of hydrogen-bond donors (Lipinski definition) is 2. The molecule has 0 aromatic heterocycles. The maximum absolute atomic E-state index is 12.8. The Morgan fingerprint density at radius 3 is 2.54 bits per heavy atom. The minimum Gasteiger partial charge on any atom is -0.375 e. The van der Waals surface area contributed by atoms with Crippen molar-refractivity contribution in [2.24, 2.45) is 5.92 Å². The molecule has 0 aliphatic carbocycles. The number of nitrogens with one attached hydrogen (secondary N) is 2. The van der Waals surface area contributed by atoms with E-state index in [9.17, 15) is 14.9 Å². The van der Waals surface area contributed by atoms with Crippen molar-refractivity contribution in [1.29, 1.82) is 0 Å². The summed E-state index contributed by atoms with van der Waals surface area (Å²) in [6.45, 7) is 2.81. The van der Waals surface area contributed by atoms with Gasteiger partial charge in [-0.1, -0.05) is 30.3 Å². The van der Waals surface area contributed by atoms with Gasteiger partial charge in [-0.15, -0.1) is 0 Å². The lowest BCUT2D eigenvalue weighted by Crippen LogP contribution is -2.40. The van der Waals surface area contributed by atoms with Gasteiger partial charge in [0.25, 0.3) is 11.6 Å². The Kier molecular flexibility index (Phi) is 6.60. The summed E-state index contributed by atoms with van der Waals surface area (Å²) in [5.74, 6) is 0.438. The van der Waals surface area contributed by atoms with Crippen LogP contribution in [0.25, 0.3) is 0 Å². The number of benzene rings is 2. The first-order valence-corrected chi connectivity index (χ1v) is 9.58. The summed E-state index contributed by atoms with van der Waals surface area (Å²) in [5.41, 5.74) is 1.73. The molecule has 0 atom stereocenters. The molecular formula is C21H26N4O3. The highest BCUT2D eigenvalue weighted by Crippen LogP contribution is 2.27. The Labute approximate surface area is 164 Å². The highest BCUT2D eigenvalue weighted by molar-refractivity contribution is 5.95. The number of nitro groups is 1. The second kappa shape index (κ2) is 9.32. The van der Waals surface area contributed by atoms with Gasteiger partial charge in [0.05, 0.1) is 4.92 Å². The van der Waals surface area contributed by atoms with Gasteiger partial charge in [0.2, 0.25) is 0 Å². The van der Waals surface area contributed by atoms with Crippen molar-refractivity contribution in [3.8, 4) is 0 Å². The van der Waals surface area contributed by atoms with Crippen LogP contribution in [0.15, 0.2) is 48.5 Å². The van der Waals surface area contributed by atoms with Crippen molar-refractivity contribution in [3.63, 3.8) is 0 Å². The smallest absolute Gasteiger partial charge is 0.293 e. The van der Waals surface area contributed by atoms with Crippen LogP contribution >= 0.6 is 0 Å². The Morgan fingerprint density at radius 1 is 1.18 bits per heavy atom. The average molecular weight is 382 g/mol. The van der Waals surface area contributed by atoms with Gasteiger partial charge in [-0.05, 0) is 50.0 Å². The molecule has 1 aliphatic heterocycles. The normalized spacial score (nSPS) is 14.7. The van der Waals surface area contributed by atoms with Crippen LogP contribution in [0.5, 0.6) is 0 Å². The van der Waals surface area contributed by atoms with E-state index in [1.165, 1.54) is 6.07 Å². The fourth-order valence-corrected chi connectivity index (χ4v) is 3.57. The van der Waals surface area contributed by atoms with Gasteiger partial charge >= 0.3 is 0 Å². The molecule has 1 amide bonds. The van der Waals surface area contributed by atoms with Crippen molar-refractivity contribution in [1.82, 2.24) is 10.2 Å². The standard InChI is InChI=1S/C21H26N4O3/c1-22-14-17-9-11-24(12-10-17)21(26)18-7-8-19(20(13-18)25(27)28)23-15-16-5-3-2-4-6-16/h2-8,13,17,22-23H,9-12,14-15H2,1H3. The Hall–Kier alpha value is -2.93. The third kappa shape index (κ3) is 4.86. The van der Waals surface area contributed by atoms with Crippen molar-refractivity contribution in [3.05, 3.63) is 69.8 Å². The zero-order chi connectivity index (χ0) is 19.9. The van der Waals surface area contributed by atoms with E-state index in [2.05, 4.69) is 10.6 Å². The summed E-state index contributed by atoms with van der Waals surface area (Å²) < 4.78 is 0. The Bertz CT molecular complexity index is 818. The van der Waals surface area contributed by atoms with E-state index in [-0.39, 0.29) is 11.6 Å². The van der Waals surface area contributed by atoms with E-state index in [1.807, 2.05) is 37.4 Å². The number of amides is 1. The van der Waals surface area contributed by atoms with E-state index in [1.54, 1.807) is 17.0 Å². The third-order valence-electron chi connectivity index (χ3n) is 5.16. The fourth-order valence-electron chi connectivity index (χ4n) is 3.57. The average Bonchev–Trinajstić information content (AvgIpc) is 2.73. The highest BCUT2D eigenvalue weighted by atomic mass is 16.6. The largest absolute Gasteiger partial charge is 0.375 e. The number of rotatable bonds is 7. The first kappa shape index (κ1) is 19.8. The minimum atomic E-state index is -0.441. The molecule has 1 fully saturated rings. The Morgan fingerprint density at radius 2 is 1.89 bits per heavy atom. The number of hydrogen-bond acceptors (Lipinski definition) is 5. The van der Waals surface area contributed by atoms with Crippen LogP contribution < -0.4 is 10.6 Å². The van der Waals surface area contributed by atoms with Crippen LogP contribution in [0.2, 0.25) is 0 Å². The van der Waals surface area contributed by atoms with Gasteiger partial charge in [0.1, 0.15) is 5.69 Å². The predicted molar refractivity (Wildman–Crippen MR) is 109 cm³/mol. The predicted octanol–water partition coefficient (Wildman–Crippen LogP) is 3.28. The Balaban J connectivity index is 1.70. The number of nitro benzene ring substituents is 1. The van der Waals surface area contributed by atoms with Crippen LogP contribution in [0.3, 0.4) is 0 Å². The first-order valence-electron chi connectivity index (χ1n) is 9.58. The summed E-state index contributed by atoms with van der Waals surface area (Å²) in [4.78, 5) is 25.7. The number of nitrogens with zero attached hydrogens (tertiary/aromatic N) is 2. The number of likely N-dealkylation sites (tertiary alicyclic amines) is 1. The van der Waals surface area contributed by atoms with E-state index in [4.69, 9.17) is 0 Å². The molecule has 1 aliphatic rings. The molecule has 1 saturated heterocycles. The first-order chi connectivity index (χ1) is 13.6. The van der Waals surface area contributed by atoms with Crippen LogP contribution in [0.4, 0.5) is 11.4 Å². The highest BCUT2D eigenvalue weighted by Gasteiger charge is 2.25. The van der Waals surface area contributed by atoms with Crippen molar-refractivity contribution >= 4 is 17.3 Å².